The number of aromatic nitrogens is 1. The molecule has 0 N–H and O–H groups in total. The molecule has 0 aliphatic heterocycles. The van der Waals surface area contributed by atoms with Crippen LogP contribution in [0.15, 0.2) is 70.8 Å². The molecule has 0 amide bonds. The Bertz CT molecular complexity index is 1030. The van der Waals surface area contributed by atoms with Crippen LogP contribution >= 0.6 is 0 Å². The van der Waals surface area contributed by atoms with E-state index in [2.05, 4.69) is 83.1 Å². The first-order chi connectivity index (χ1) is 11.4. The molecule has 1 nitrogen and oxygen atoms in total. The molecule has 0 radical (unpaired) electrons. The zero-order valence-corrected chi connectivity index (χ0v) is 15.1. The number of hydrogen-bond donors (Lipinski definition) is 0. The lowest BCUT2D eigenvalue weighted by Gasteiger charge is -2.29. The second-order valence-corrected chi connectivity index (χ2v) is 7.18. The molecule has 0 bridgehead atoms. The first kappa shape index (κ1) is 15.1. The minimum atomic E-state index is -0.0979. The third-order valence-corrected chi connectivity index (χ3v) is 6.28. The van der Waals surface area contributed by atoms with E-state index in [4.69, 9.17) is 4.98 Å². The number of nitrogens with zero attached hydrogens (tertiary/aromatic N) is 1. The van der Waals surface area contributed by atoms with E-state index in [0.717, 1.165) is 11.2 Å². The Morgan fingerprint density at radius 1 is 0.708 bits per heavy atom. The number of pyridine rings is 1. The molecular weight excluding hydrogens is 290 g/mol. The van der Waals surface area contributed by atoms with Crippen molar-refractivity contribution < 1.29 is 0 Å². The summed E-state index contributed by atoms with van der Waals surface area (Å²) in [6.45, 7) is 11.3. The lowest BCUT2D eigenvalue weighted by molar-refractivity contribution is 0.645. The van der Waals surface area contributed by atoms with Crippen LogP contribution in [0.5, 0.6) is 0 Å². The van der Waals surface area contributed by atoms with Crippen LogP contribution in [0.1, 0.15) is 40.3 Å². The fraction of sp³-hybridized carbons (Fsp3) is 0.261. The minimum Gasteiger partial charge on any atom is -0.251 e. The van der Waals surface area contributed by atoms with Crippen LogP contribution in [0.2, 0.25) is 0 Å². The van der Waals surface area contributed by atoms with Gasteiger partial charge in [0, 0.05) is 10.8 Å². The molecule has 3 aromatic rings. The van der Waals surface area contributed by atoms with Gasteiger partial charge in [0.05, 0.1) is 16.6 Å². The topological polar surface area (TPSA) is 12.9 Å². The maximum absolute atomic E-state index is 5.16. The van der Waals surface area contributed by atoms with Crippen molar-refractivity contribution in [2.75, 3.05) is 0 Å². The maximum Gasteiger partial charge on any atom is 0.0784 e. The monoisotopic (exact) mass is 313 g/mol. The fourth-order valence-electron chi connectivity index (χ4n) is 4.11. The predicted octanol–water partition coefficient (Wildman–Crippen LogP) is 6.33. The van der Waals surface area contributed by atoms with Crippen molar-refractivity contribution in [1.82, 2.24) is 4.98 Å². The second kappa shape index (κ2) is 5.04. The molecule has 24 heavy (non-hydrogen) atoms. The summed E-state index contributed by atoms with van der Waals surface area (Å²) in [4.78, 5) is 5.16. The normalized spacial score (nSPS) is 17.4. The highest BCUT2D eigenvalue weighted by atomic mass is 14.7. The average Bonchev–Trinajstić information content (AvgIpc) is 2.77. The lowest BCUT2D eigenvalue weighted by Crippen LogP contribution is -2.24. The van der Waals surface area contributed by atoms with E-state index in [9.17, 15) is 0 Å². The molecule has 0 saturated heterocycles. The van der Waals surface area contributed by atoms with Gasteiger partial charge in [-0.25, -0.2) is 0 Å². The Kier molecular flexibility index (Phi) is 3.18. The molecule has 0 atom stereocenters. The molecule has 1 aliphatic rings. The van der Waals surface area contributed by atoms with Gasteiger partial charge in [0.15, 0.2) is 0 Å². The molecule has 0 fully saturated rings. The van der Waals surface area contributed by atoms with Crippen molar-refractivity contribution in [3.63, 3.8) is 0 Å². The van der Waals surface area contributed by atoms with Gasteiger partial charge >= 0.3 is 0 Å². The number of rotatable bonds is 1. The molecule has 0 unspecified atom stereocenters. The van der Waals surface area contributed by atoms with Gasteiger partial charge in [-0.15, -0.1) is 0 Å². The predicted molar refractivity (Wildman–Crippen MR) is 103 cm³/mol. The van der Waals surface area contributed by atoms with E-state index in [0.29, 0.717) is 0 Å². The summed E-state index contributed by atoms with van der Waals surface area (Å²) in [7, 11) is 0. The summed E-state index contributed by atoms with van der Waals surface area (Å²) in [5.74, 6) is 0. The van der Waals surface area contributed by atoms with Crippen molar-refractivity contribution in [2.45, 2.75) is 40.0 Å². The molecule has 1 heteroatoms. The lowest BCUT2D eigenvalue weighted by atomic mass is 9.76. The first-order valence-corrected chi connectivity index (χ1v) is 8.60. The van der Waals surface area contributed by atoms with Gasteiger partial charge in [-0.05, 0) is 57.2 Å². The fourth-order valence-corrected chi connectivity index (χ4v) is 4.11. The molecular formula is C23H23N. The summed E-state index contributed by atoms with van der Waals surface area (Å²) in [5.41, 5.74) is 7.82. The van der Waals surface area contributed by atoms with Gasteiger partial charge < -0.3 is 0 Å². The Hall–Kier alpha value is -2.41. The van der Waals surface area contributed by atoms with Crippen molar-refractivity contribution >= 4 is 21.7 Å². The van der Waals surface area contributed by atoms with Gasteiger partial charge in [-0.3, -0.25) is 4.98 Å². The highest BCUT2D eigenvalue weighted by molar-refractivity contribution is 6.05. The molecule has 0 spiro atoms. The number of allylic oxidation sites excluding steroid dienone is 4. The van der Waals surface area contributed by atoms with Crippen LogP contribution in [-0.2, 0) is 5.41 Å². The van der Waals surface area contributed by atoms with E-state index < -0.39 is 0 Å². The third kappa shape index (κ3) is 1.84. The summed E-state index contributed by atoms with van der Waals surface area (Å²) < 4.78 is 0. The van der Waals surface area contributed by atoms with E-state index in [1.165, 1.54) is 38.5 Å². The first-order valence-electron chi connectivity index (χ1n) is 8.60. The number of hydrogen-bond acceptors (Lipinski definition) is 1. The van der Waals surface area contributed by atoms with Gasteiger partial charge in [-0.2, -0.15) is 0 Å². The van der Waals surface area contributed by atoms with Crippen LogP contribution in [0, 0.1) is 0 Å². The zero-order chi connectivity index (χ0) is 17.1. The smallest absolute Gasteiger partial charge is 0.0784 e. The van der Waals surface area contributed by atoms with Crippen LogP contribution in [0.3, 0.4) is 0 Å². The van der Waals surface area contributed by atoms with Crippen LogP contribution in [0.4, 0.5) is 0 Å². The highest BCUT2D eigenvalue weighted by Crippen LogP contribution is 2.48. The number of fused-ring (bicyclic) bond motifs is 3. The van der Waals surface area contributed by atoms with Crippen LogP contribution in [0.25, 0.3) is 21.7 Å². The average molecular weight is 313 g/mol. The maximum atomic E-state index is 5.16. The van der Waals surface area contributed by atoms with Crippen molar-refractivity contribution in [3.05, 3.63) is 76.5 Å². The van der Waals surface area contributed by atoms with Crippen molar-refractivity contribution in [1.29, 1.82) is 0 Å². The quantitative estimate of drug-likeness (QED) is 0.478. The van der Waals surface area contributed by atoms with E-state index in [1.807, 2.05) is 0 Å². The largest absolute Gasteiger partial charge is 0.251 e. The molecule has 0 saturated carbocycles. The molecule has 1 heterocycles. The Balaban J connectivity index is 2.04. The Morgan fingerprint density at radius 3 is 2.00 bits per heavy atom. The molecule has 1 aromatic heterocycles. The SMILES string of the molecule is CC1=C(C)C(C)(c2ccc3ccc4ccccc4c3n2)C(C)=C1C. The van der Waals surface area contributed by atoms with Crippen LogP contribution in [-0.4, -0.2) is 4.98 Å². The van der Waals surface area contributed by atoms with Crippen LogP contribution < -0.4 is 0 Å². The number of benzene rings is 2. The van der Waals surface area contributed by atoms with Crippen molar-refractivity contribution in [2.24, 2.45) is 0 Å². The van der Waals surface area contributed by atoms with Gasteiger partial charge in [0.2, 0.25) is 0 Å². The van der Waals surface area contributed by atoms with E-state index >= 15 is 0 Å². The van der Waals surface area contributed by atoms with Gasteiger partial charge in [0.25, 0.3) is 0 Å². The summed E-state index contributed by atoms with van der Waals surface area (Å²) >= 11 is 0. The summed E-state index contributed by atoms with van der Waals surface area (Å²) in [6, 6.07) is 17.3. The van der Waals surface area contributed by atoms with E-state index in [1.54, 1.807) is 0 Å². The second-order valence-electron chi connectivity index (χ2n) is 7.18. The molecule has 2 aromatic carbocycles. The van der Waals surface area contributed by atoms with Gasteiger partial charge in [0.1, 0.15) is 0 Å². The van der Waals surface area contributed by atoms with Gasteiger partial charge in [-0.1, -0.05) is 53.6 Å². The standard InChI is InChI=1S/C23H23N/c1-14-15(2)17(4)23(5,16(14)3)21-13-12-19-11-10-18-8-6-7-9-20(18)22(19)24-21/h6-13H,1-5H3. The minimum absolute atomic E-state index is 0.0979. The van der Waals surface area contributed by atoms with E-state index in [-0.39, 0.29) is 5.41 Å². The summed E-state index contributed by atoms with van der Waals surface area (Å²) in [6.07, 6.45) is 0. The Morgan fingerprint density at radius 2 is 1.29 bits per heavy atom. The summed E-state index contributed by atoms with van der Waals surface area (Å²) in [5, 5.41) is 3.68. The molecule has 1 aliphatic carbocycles. The Labute approximate surface area is 143 Å². The zero-order valence-electron chi connectivity index (χ0n) is 15.1. The molecule has 4 rings (SSSR count). The molecule has 120 valence electrons. The van der Waals surface area contributed by atoms with Crippen molar-refractivity contribution in [3.8, 4) is 0 Å². The highest BCUT2D eigenvalue weighted by Gasteiger charge is 2.39. The third-order valence-electron chi connectivity index (χ3n) is 6.28.